The van der Waals surface area contributed by atoms with Gasteiger partial charge in [0, 0.05) is 19.6 Å². The van der Waals surface area contributed by atoms with E-state index in [9.17, 15) is 28.8 Å². The molecule has 0 aliphatic heterocycles. The Morgan fingerprint density at radius 3 is 1.11 bits per heavy atom. The highest BCUT2D eigenvalue weighted by molar-refractivity contribution is 4.80. The van der Waals surface area contributed by atoms with Gasteiger partial charge in [-0.2, -0.15) is 0 Å². The molecule has 0 radical (unpaired) electrons. The molecule has 15 heteroatoms. The summed E-state index contributed by atoms with van der Waals surface area (Å²) in [5, 5.41) is 26.6. The first-order valence-corrected chi connectivity index (χ1v) is 12.6. The zero-order valence-electron chi connectivity index (χ0n) is 22.7. The second kappa shape index (κ2) is 15.2. The molecule has 2 aromatic rings. The van der Waals surface area contributed by atoms with Gasteiger partial charge >= 0.3 is 34.1 Å². The second-order valence-corrected chi connectivity index (χ2v) is 9.40. The molecule has 2 aromatic heterocycles. The molecule has 3 N–H and O–H groups in total. The Kier molecular flexibility index (Phi) is 13.1. The van der Waals surface area contributed by atoms with Gasteiger partial charge in [-0.25, -0.2) is 56.2 Å². The molecule has 0 saturated heterocycles. The maximum atomic E-state index is 12.4. The van der Waals surface area contributed by atoms with E-state index in [0.29, 0.717) is 12.3 Å². The molecule has 0 unspecified atom stereocenters. The lowest BCUT2D eigenvalue weighted by Crippen LogP contribution is -2.55. The summed E-state index contributed by atoms with van der Waals surface area (Å²) in [6.45, 7) is 8.51. The van der Waals surface area contributed by atoms with Crippen LogP contribution in [0.5, 0.6) is 0 Å². The molecule has 216 valence electrons. The topological polar surface area (TPSA) is 193 Å². The molecular formula is C23H40N6O9. The van der Waals surface area contributed by atoms with Crippen molar-refractivity contribution in [1.82, 2.24) is 27.4 Å². The molecule has 0 aromatic carbocycles. The predicted octanol–water partition coefficient (Wildman–Crippen LogP) is -2.96. The number of hydrogen-bond acceptors (Lipinski definition) is 9. The highest BCUT2D eigenvalue weighted by atomic mass is 16.3. The summed E-state index contributed by atoms with van der Waals surface area (Å²) < 4.78 is 5.56. The number of rotatable bonds is 12. The summed E-state index contributed by atoms with van der Waals surface area (Å²) >= 11 is 0. The number of nitrogens with zero attached hydrogens (tertiary/aromatic N) is 6. The molecule has 0 amide bonds. The lowest BCUT2D eigenvalue weighted by molar-refractivity contribution is 0.251. The average molecular weight is 545 g/mol. The number of aliphatic hydroxyl groups excluding tert-OH is 3. The Morgan fingerprint density at radius 1 is 0.500 bits per heavy atom. The zero-order chi connectivity index (χ0) is 29.2. The van der Waals surface area contributed by atoms with Crippen molar-refractivity contribution in [2.24, 2.45) is 11.8 Å². The minimum Gasteiger partial charge on any atom is -0.395 e. The first-order chi connectivity index (χ1) is 17.9. The zero-order valence-corrected chi connectivity index (χ0v) is 22.7. The quantitative estimate of drug-likeness (QED) is 0.250. The predicted molar refractivity (Wildman–Crippen MR) is 140 cm³/mol. The van der Waals surface area contributed by atoms with Crippen LogP contribution in [-0.4, -0.2) is 62.5 Å². The summed E-state index contributed by atoms with van der Waals surface area (Å²) in [6.07, 6.45) is 0.675. The van der Waals surface area contributed by atoms with Crippen LogP contribution in [0.1, 0.15) is 41.0 Å². The van der Waals surface area contributed by atoms with E-state index < -0.39 is 34.1 Å². The first kappa shape index (κ1) is 32.7. The van der Waals surface area contributed by atoms with Gasteiger partial charge in [-0.05, 0) is 25.2 Å². The number of aromatic nitrogens is 6. The van der Waals surface area contributed by atoms with Crippen molar-refractivity contribution >= 4 is 0 Å². The van der Waals surface area contributed by atoms with Crippen molar-refractivity contribution in [1.29, 1.82) is 0 Å². The minimum atomic E-state index is -0.812. The van der Waals surface area contributed by atoms with Crippen molar-refractivity contribution in [3.8, 4) is 0 Å². The van der Waals surface area contributed by atoms with Gasteiger partial charge in [-0.1, -0.05) is 27.7 Å². The molecule has 0 atom stereocenters. The van der Waals surface area contributed by atoms with Crippen LogP contribution in [-0.2, 0) is 39.3 Å². The third-order valence-electron chi connectivity index (χ3n) is 5.54. The number of aliphatic hydroxyl groups is 3. The average Bonchev–Trinajstić information content (AvgIpc) is 2.85. The first-order valence-electron chi connectivity index (χ1n) is 12.6. The van der Waals surface area contributed by atoms with Crippen molar-refractivity contribution in [2.45, 2.75) is 80.3 Å². The standard InChI is InChI=1S/C14H25N3O4.C9H15N3O5/c1-10(2)5-6-15-12(19)16(7-8-18)14(21)17(13(15)20)9-11(3)4;1-2-10-7(15)11(3-5-13)9(17)12(4-6-14)8(10)16/h10-11,18H,5-9H2,1-4H3;13-14H,2-6H2,1H3. The van der Waals surface area contributed by atoms with Gasteiger partial charge in [0.05, 0.1) is 39.5 Å². The number of hydrogen-bond donors (Lipinski definition) is 3. The highest BCUT2D eigenvalue weighted by Crippen LogP contribution is 1.99. The van der Waals surface area contributed by atoms with Crippen LogP contribution in [0.15, 0.2) is 28.8 Å². The van der Waals surface area contributed by atoms with Gasteiger partial charge in [0.2, 0.25) is 0 Å². The molecule has 0 saturated carbocycles. The SMILES string of the molecule is CC(C)CCn1c(=O)n(CCO)c(=O)n(CC(C)C)c1=O.CCn1c(=O)n(CCO)c(=O)n(CCO)c1=O. The van der Waals surface area contributed by atoms with Crippen LogP contribution in [0.2, 0.25) is 0 Å². The smallest absolute Gasteiger partial charge is 0.336 e. The molecule has 2 rings (SSSR count). The van der Waals surface area contributed by atoms with Crippen LogP contribution in [0.4, 0.5) is 0 Å². The van der Waals surface area contributed by atoms with Gasteiger partial charge in [0.1, 0.15) is 0 Å². The maximum absolute atomic E-state index is 12.4. The Bertz CT molecular complexity index is 1360. The highest BCUT2D eigenvalue weighted by Gasteiger charge is 2.16. The molecule has 0 aliphatic rings. The van der Waals surface area contributed by atoms with Gasteiger partial charge < -0.3 is 15.3 Å². The van der Waals surface area contributed by atoms with E-state index >= 15 is 0 Å². The van der Waals surface area contributed by atoms with E-state index in [1.165, 1.54) is 0 Å². The van der Waals surface area contributed by atoms with E-state index in [0.717, 1.165) is 27.4 Å². The Hall–Kier alpha value is -3.30. The molecule has 0 aliphatic carbocycles. The molecule has 0 fully saturated rings. The van der Waals surface area contributed by atoms with Crippen molar-refractivity contribution in [3.05, 3.63) is 62.9 Å². The third-order valence-corrected chi connectivity index (χ3v) is 5.54. The van der Waals surface area contributed by atoms with Crippen LogP contribution in [0, 0.1) is 11.8 Å². The van der Waals surface area contributed by atoms with Gasteiger partial charge in [-0.15, -0.1) is 0 Å². The van der Waals surface area contributed by atoms with E-state index in [1.54, 1.807) is 6.92 Å². The van der Waals surface area contributed by atoms with Gasteiger partial charge in [0.15, 0.2) is 0 Å². The summed E-state index contributed by atoms with van der Waals surface area (Å²) in [5.74, 6) is 0.446. The molecule has 0 spiro atoms. The molecule has 15 nitrogen and oxygen atoms in total. The van der Waals surface area contributed by atoms with Crippen LogP contribution >= 0.6 is 0 Å². The monoisotopic (exact) mass is 544 g/mol. The Morgan fingerprint density at radius 2 is 0.816 bits per heavy atom. The van der Waals surface area contributed by atoms with Crippen molar-refractivity contribution < 1.29 is 15.3 Å². The molecule has 38 heavy (non-hydrogen) atoms. The third kappa shape index (κ3) is 7.85. The normalized spacial score (nSPS) is 11.2. The molecular weight excluding hydrogens is 504 g/mol. The fourth-order valence-corrected chi connectivity index (χ4v) is 3.61. The van der Waals surface area contributed by atoms with Crippen LogP contribution in [0.25, 0.3) is 0 Å². The van der Waals surface area contributed by atoms with Gasteiger partial charge in [0.25, 0.3) is 0 Å². The van der Waals surface area contributed by atoms with Gasteiger partial charge in [-0.3, -0.25) is 0 Å². The largest absolute Gasteiger partial charge is 0.395 e. The van der Waals surface area contributed by atoms with E-state index in [2.05, 4.69) is 0 Å². The van der Waals surface area contributed by atoms with Crippen LogP contribution < -0.4 is 34.1 Å². The Labute approximate surface area is 218 Å². The molecule has 0 bridgehead atoms. The van der Waals surface area contributed by atoms with Crippen LogP contribution in [0.3, 0.4) is 0 Å². The Balaban J connectivity index is 0.000000389. The van der Waals surface area contributed by atoms with E-state index in [1.807, 2.05) is 27.7 Å². The fraction of sp³-hybridized carbons (Fsp3) is 0.739. The minimum absolute atomic E-state index is 0.0995. The lowest BCUT2D eigenvalue weighted by atomic mass is 10.1. The fourth-order valence-electron chi connectivity index (χ4n) is 3.61. The summed E-state index contributed by atoms with van der Waals surface area (Å²) in [7, 11) is 0. The van der Waals surface area contributed by atoms with Crippen molar-refractivity contribution in [2.75, 3.05) is 19.8 Å². The maximum Gasteiger partial charge on any atom is 0.336 e. The van der Waals surface area contributed by atoms with E-state index in [4.69, 9.17) is 15.3 Å². The van der Waals surface area contributed by atoms with Crippen molar-refractivity contribution in [3.63, 3.8) is 0 Å². The summed E-state index contributed by atoms with van der Waals surface area (Å²) in [6, 6.07) is 0. The second-order valence-electron chi connectivity index (χ2n) is 9.40. The molecule has 2 heterocycles. The lowest BCUT2D eigenvalue weighted by Gasteiger charge is -2.15. The summed E-state index contributed by atoms with van der Waals surface area (Å²) in [4.78, 5) is 72.0. The van der Waals surface area contributed by atoms with E-state index in [-0.39, 0.29) is 65.0 Å². The summed E-state index contributed by atoms with van der Waals surface area (Å²) in [5.41, 5.74) is -4.15.